The molecule has 0 aliphatic heterocycles. The van der Waals surface area contributed by atoms with Crippen molar-refractivity contribution in [3.05, 3.63) is 137 Å². The molecule has 4 aromatic rings. The van der Waals surface area contributed by atoms with E-state index in [4.69, 9.17) is 39.6 Å². The molecule has 0 amide bonds. The average molecular weight is 664 g/mol. The molecule has 0 fully saturated rings. The zero-order chi connectivity index (χ0) is 33.6. The highest BCUT2D eigenvalue weighted by Crippen LogP contribution is 2.13. The Bertz CT molecular complexity index is 1530. The molecule has 0 aliphatic carbocycles. The molecule has 46 heavy (non-hydrogen) atoms. The Kier molecular flexibility index (Phi) is 13.7. The number of esters is 2. The van der Waals surface area contributed by atoms with Gasteiger partial charge >= 0.3 is 11.9 Å². The van der Waals surface area contributed by atoms with E-state index in [2.05, 4.69) is 10.6 Å². The van der Waals surface area contributed by atoms with E-state index in [0.29, 0.717) is 18.5 Å². The highest BCUT2D eigenvalue weighted by Gasteiger charge is 2.23. The lowest BCUT2D eigenvalue weighted by Crippen LogP contribution is -2.42. The lowest BCUT2D eigenvalue weighted by Gasteiger charge is -2.18. The maximum absolute atomic E-state index is 13.8. The fourth-order valence-electron chi connectivity index (χ4n) is 4.28. The zero-order valence-corrected chi connectivity index (χ0v) is 27.2. The van der Waals surface area contributed by atoms with Crippen LogP contribution in [0.1, 0.15) is 27.8 Å². The van der Waals surface area contributed by atoms with Crippen molar-refractivity contribution in [1.82, 2.24) is 10.6 Å². The number of benzene rings is 4. The first-order chi connectivity index (χ1) is 22.0. The van der Waals surface area contributed by atoms with Crippen molar-refractivity contribution in [2.75, 3.05) is 20.0 Å². The van der Waals surface area contributed by atoms with Gasteiger partial charge in [-0.15, -0.1) is 0 Å². The molecule has 7 nitrogen and oxygen atoms in total. The van der Waals surface area contributed by atoms with Gasteiger partial charge in [-0.2, -0.15) is 0 Å². The van der Waals surface area contributed by atoms with Crippen LogP contribution in [0.2, 0.25) is 0 Å². The van der Waals surface area contributed by atoms with Crippen molar-refractivity contribution >= 4 is 52.0 Å². The van der Waals surface area contributed by atoms with Crippen molar-refractivity contribution in [1.29, 1.82) is 0 Å². The Hall–Kier alpha value is -4.74. The Morgan fingerprint density at radius 1 is 0.674 bits per heavy atom. The number of aryl methyl sites for hydroxylation is 1. The van der Waals surface area contributed by atoms with Gasteiger partial charge in [-0.25, -0.2) is 18.4 Å². The van der Waals surface area contributed by atoms with Crippen LogP contribution in [-0.4, -0.2) is 48.2 Å². The van der Waals surface area contributed by atoms with E-state index < -0.39 is 35.7 Å². The standard InChI is InChI=1S/C18H18FNO2S.C17H17FN2O2S/c1-12-7-9-13(10-8-12)11-16(18(21)22-2)20-17(23)14-5-3-4-6-15(14)19;1-22-17(21)15(10-11-6-8-12(19)9-7-11)20-16(23)13-4-2-3-5-14(13)18/h3-10,16H,11H2,1-2H3,(H,20,23);2-9,15H,10,19H2,1H3,(H,20,23). The molecule has 0 aromatic heterocycles. The van der Waals surface area contributed by atoms with Gasteiger partial charge in [0.15, 0.2) is 0 Å². The van der Waals surface area contributed by atoms with Crippen molar-refractivity contribution in [3.8, 4) is 0 Å². The molecule has 0 heterocycles. The quantitative estimate of drug-likeness (QED) is 0.113. The topological polar surface area (TPSA) is 103 Å². The second kappa shape index (κ2) is 17.7. The predicted molar refractivity (Wildman–Crippen MR) is 184 cm³/mol. The number of nitrogens with two attached hydrogens (primary N) is 1. The average Bonchev–Trinajstić information content (AvgIpc) is 3.06. The molecule has 0 radical (unpaired) electrons. The van der Waals surface area contributed by atoms with E-state index in [1.54, 1.807) is 48.5 Å². The normalized spacial score (nSPS) is 11.6. The second-order valence-corrected chi connectivity index (χ2v) is 11.0. The minimum Gasteiger partial charge on any atom is -0.467 e. The predicted octanol–water partition coefficient (Wildman–Crippen LogP) is 5.64. The van der Waals surface area contributed by atoms with Crippen LogP contribution in [0.25, 0.3) is 0 Å². The lowest BCUT2D eigenvalue weighted by molar-refractivity contribution is -0.143. The zero-order valence-electron chi connectivity index (χ0n) is 25.6. The van der Waals surface area contributed by atoms with Gasteiger partial charge in [0.2, 0.25) is 0 Å². The fourth-order valence-corrected chi connectivity index (χ4v) is 4.90. The molecule has 0 spiro atoms. The highest BCUT2D eigenvalue weighted by atomic mass is 32.1. The van der Waals surface area contributed by atoms with E-state index >= 15 is 0 Å². The third kappa shape index (κ3) is 10.7. The molecule has 240 valence electrons. The van der Waals surface area contributed by atoms with Gasteiger partial charge in [-0.1, -0.05) is 90.7 Å². The Labute approximate surface area is 278 Å². The minimum absolute atomic E-state index is 0.161. The number of anilines is 1. The number of nitrogen functional groups attached to an aromatic ring is 1. The van der Waals surface area contributed by atoms with Crippen molar-refractivity contribution < 1.29 is 27.8 Å². The summed E-state index contributed by atoms with van der Waals surface area (Å²) in [5.74, 6) is -1.78. The van der Waals surface area contributed by atoms with E-state index in [9.17, 15) is 18.4 Å². The third-order valence-electron chi connectivity index (χ3n) is 6.80. The number of halogens is 2. The number of hydrogen-bond donors (Lipinski definition) is 3. The molecule has 2 atom stereocenters. The third-order valence-corrected chi connectivity index (χ3v) is 7.47. The first-order valence-corrected chi connectivity index (χ1v) is 15.0. The van der Waals surface area contributed by atoms with Gasteiger partial charge in [-0.3, -0.25) is 0 Å². The number of carbonyl (C=O) groups is 2. The molecule has 4 N–H and O–H groups in total. The summed E-state index contributed by atoms with van der Waals surface area (Å²) in [5, 5.41) is 5.78. The van der Waals surface area contributed by atoms with Crippen LogP contribution in [0.15, 0.2) is 97.1 Å². The summed E-state index contributed by atoms with van der Waals surface area (Å²) in [6, 6.07) is 25.9. The first kappa shape index (κ1) is 35.7. The summed E-state index contributed by atoms with van der Waals surface area (Å²) in [7, 11) is 2.62. The van der Waals surface area contributed by atoms with E-state index in [0.717, 1.165) is 16.7 Å². The first-order valence-electron chi connectivity index (χ1n) is 14.2. The van der Waals surface area contributed by atoms with Crippen molar-refractivity contribution in [2.24, 2.45) is 0 Å². The number of carbonyl (C=O) groups excluding carboxylic acids is 2. The van der Waals surface area contributed by atoms with Gasteiger partial charge in [-0.05, 0) is 54.4 Å². The molecule has 4 aromatic carbocycles. The molecule has 4 rings (SSSR count). The van der Waals surface area contributed by atoms with Crippen molar-refractivity contribution in [2.45, 2.75) is 31.8 Å². The number of thiocarbonyl (C=S) groups is 2. The van der Waals surface area contributed by atoms with Crippen LogP contribution in [0.4, 0.5) is 14.5 Å². The molecular weight excluding hydrogens is 629 g/mol. The molecular formula is C35H35F2N3O4S2. The van der Waals surface area contributed by atoms with Gasteiger partial charge in [0.1, 0.15) is 33.7 Å². The van der Waals surface area contributed by atoms with Gasteiger partial charge < -0.3 is 25.8 Å². The summed E-state index contributed by atoms with van der Waals surface area (Å²) in [6.45, 7) is 1.99. The summed E-state index contributed by atoms with van der Waals surface area (Å²) in [4.78, 5) is 24.3. The number of ether oxygens (including phenoxy) is 2. The van der Waals surface area contributed by atoms with E-state index in [-0.39, 0.29) is 21.1 Å². The van der Waals surface area contributed by atoms with E-state index in [1.807, 2.05) is 43.3 Å². The summed E-state index contributed by atoms with van der Waals surface area (Å²) in [6.07, 6.45) is 0.753. The van der Waals surface area contributed by atoms with Crippen LogP contribution in [0, 0.1) is 18.6 Å². The van der Waals surface area contributed by atoms with Crippen molar-refractivity contribution in [3.63, 3.8) is 0 Å². The lowest BCUT2D eigenvalue weighted by atomic mass is 10.0. The molecule has 0 saturated heterocycles. The SMILES string of the molecule is COC(=O)C(Cc1ccc(C)cc1)NC(=S)c1ccccc1F.COC(=O)C(Cc1ccc(N)cc1)NC(=S)c1ccccc1F. The molecule has 0 aliphatic rings. The van der Waals surface area contributed by atoms with Crippen LogP contribution >= 0.6 is 24.4 Å². The number of rotatable bonds is 10. The van der Waals surface area contributed by atoms with Gasteiger partial charge in [0.25, 0.3) is 0 Å². The molecule has 2 unspecified atom stereocenters. The Morgan fingerprint density at radius 2 is 1.04 bits per heavy atom. The highest BCUT2D eigenvalue weighted by molar-refractivity contribution is 7.81. The monoisotopic (exact) mass is 663 g/mol. The molecule has 0 saturated carbocycles. The minimum atomic E-state index is -0.712. The van der Waals surface area contributed by atoms with Crippen LogP contribution in [0.5, 0.6) is 0 Å². The van der Waals surface area contributed by atoms with Gasteiger partial charge in [0, 0.05) is 29.7 Å². The number of methoxy groups -OCH3 is 2. The van der Waals surface area contributed by atoms with Crippen LogP contribution < -0.4 is 16.4 Å². The molecule has 0 bridgehead atoms. The summed E-state index contributed by atoms with van der Waals surface area (Å²) in [5.41, 5.74) is 9.78. The number of nitrogens with one attached hydrogen (secondary N) is 2. The Morgan fingerprint density at radius 3 is 1.41 bits per heavy atom. The van der Waals surface area contributed by atoms with E-state index in [1.165, 1.54) is 26.4 Å². The van der Waals surface area contributed by atoms with Crippen LogP contribution in [-0.2, 0) is 31.9 Å². The number of hydrogen-bond acceptors (Lipinski definition) is 7. The molecule has 11 heteroatoms. The second-order valence-electron chi connectivity index (χ2n) is 10.2. The van der Waals surface area contributed by atoms with Gasteiger partial charge in [0.05, 0.1) is 14.2 Å². The van der Waals surface area contributed by atoms with Crippen LogP contribution in [0.3, 0.4) is 0 Å². The summed E-state index contributed by atoms with van der Waals surface area (Å²) >= 11 is 10.4. The maximum atomic E-state index is 13.8. The fraction of sp³-hybridized carbons (Fsp3) is 0.200. The maximum Gasteiger partial charge on any atom is 0.328 e. The largest absolute Gasteiger partial charge is 0.467 e. The Balaban J connectivity index is 0.000000250. The summed E-state index contributed by atoms with van der Waals surface area (Å²) < 4.78 is 37.2. The smallest absolute Gasteiger partial charge is 0.328 e.